The van der Waals surface area contributed by atoms with Crippen molar-refractivity contribution in [2.24, 2.45) is 11.8 Å². The van der Waals surface area contributed by atoms with E-state index in [0.29, 0.717) is 28.2 Å². The Labute approximate surface area is 213 Å². The van der Waals surface area contributed by atoms with Gasteiger partial charge in [0.25, 0.3) is 0 Å². The fourth-order valence-corrected chi connectivity index (χ4v) is 6.93. The Bertz CT molecular complexity index is 1270. The van der Waals surface area contributed by atoms with Crippen LogP contribution in [-0.4, -0.2) is 58.7 Å². The maximum absolute atomic E-state index is 13.1. The molecule has 0 amide bonds. The molecule has 2 heterocycles. The highest BCUT2D eigenvalue weighted by atomic mass is 35.5. The van der Waals surface area contributed by atoms with Crippen LogP contribution in [0.2, 0.25) is 0 Å². The molecule has 36 heavy (non-hydrogen) atoms. The second-order valence-electron chi connectivity index (χ2n) is 8.86. The number of ether oxygens (including phenoxy) is 5. The zero-order valence-corrected chi connectivity index (χ0v) is 21.2. The number of benzene rings is 2. The maximum atomic E-state index is 13.1. The van der Waals surface area contributed by atoms with Gasteiger partial charge in [0.05, 0.1) is 38.5 Å². The lowest BCUT2D eigenvalue weighted by molar-refractivity contribution is -0.141. The molecule has 5 rings (SSSR count). The number of alkyl halides is 1. The first kappa shape index (κ1) is 24.8. The standard InChI is InChI=1S/C24H26ClNO9S/c1-31-18-6-12(7-19(32-2)23(18)27)20-13-8-16-17(35-11-34-16)9-14(13)22(15-10-33-24(28)21(15)20)26-36(29,30)5-3-4-25/h6-9,15,20-22,26-27H,3-5,10-11H2,1-2H3/t15-,20+,21-,22+/m0/s1. The van der Waals surface area contributed by atoms with E-state index in [2.05, 4.69) is 4.72 Å². The van der Waals surface area contributed by atoms with Gasteiger partial charge in [0.15, 0.2) is 23.0 Å². The fraction of sp³-hybridized carbons (Fsp3) is 0.458. The molecule has 1 aliphatic carbocycles. The van der Waals surface area contributed by atoms with Crippen molar-refractivity contribution in [1.29, 1.82) is 0 Å². The second kappa shape index (κ2) is 9.53. The third-order valence-electron chi connectivity index (χ3n) is 6.90. The predicted octanol–water partition coefficient (Wildman–Crippen LogP) is 2.66. The van der Waals surface area contributed by atoms with Gasteiger partial charge in [-0.1, -0.05) is 0 Å². The molecule has 0 aromatic heterocycles. The van der Waals surface area contributed by atoms with E-state index in [-0.39, 0.29) is 48.7 Å². The van der Waals surface area contributed by atoms with Crippen molar-refractivity contribution >= 4 is 27.6 Å². The molecule has 4 atom stereocenters. The topological polar surface area (TPSA) is 130 Å². The SMILES string of the molecule is COc1cc([C@@H]2c3cc4c(cc3[C@@H](NS(=O)(=O)CCCCl)[C@H]3COC(=O)[C@H]23)OCO4)cc(OC)c1O. The molecular formula is C24H26ClNO9S. The highest BCUT2D eigenvalue weighted by Crippen LogP contribution is 2.55. The molecule has 0 spiro atoms. The Morgan fingerprint density at radius 1 is 1.06 bits per heavy atom. The van der Waals surface area contributed by atoms with E-state index in [4.69, 9.17) is 35.3 Å². The van der Waals surface area contributed by atoms with Crippen LogP contribution in [-0.2, 0) is 19.6 Å². The molecule has 2 aliphatic heterocycles. The van der Waals surface area contributed by atoms with Crippen LogP contribution in [0.4, 0.5) is 0 Å². The van der Waals surface area contributed by atoms with Crippen LogP contribution < -0.4 is 23.7 Å². The molecule has 0 radical (unpaired) electrons. The highest BCUT2D eigenvalue weighted by molar-refractivity contribution is 7.89. The summed E-state index contributed by atoms with van der Waals surface area (Å²) >= 11 is 5.73. The van der Waals surface area contributed by atoms with Crippen LogP contribution >= 0.6 is 11.6 Å². The Hall–Kier alpha value is -2.89. The maximum Gasteiger partial charge on any atom is 0.310 e. The highest BCUT2D eigenvalue weighted by Gasteiger charge is 2.53. The summed E-state index contributed by atoms with van der Waals surface area (Å²) in [6.45, 7) is 0.0771. The number of carbonyl (C=O) groups excluding carboxylic acids is 1. The number of rotatable bonds is 8. The number of esters is 1. The van der Waals surface area contributed by atoms with Gasteiger partial charge in [-0.25, -0.2) is 13.1 Å². The van der Waals surface area contributed by atoms with Crippen molar-refractivity contribution in [3.05, 3.63) is 41.0 Å². The van der Waals surface area contributed by atoms with Crippen LogP contribution in [0.1, 0.15) is 35.1 Å². The van der Waals surface area contributed by atoms with E-state index in [1.165, 1.54) is 14.2 Å². The summed E-state index contributed by atoms with van der Waals surface area (Å²) in [7, 11) is -0.872. The first-order valence-electron chi connectivity index (χ1n) is 11.4. The minimum Gasteiger partial charge on any atom is -0.502 e. The second-order valence-corrected chi connectivity index (χ2v) is 11.1. The van der Waals surface area contributed by atoms with Gasteiger partial charge in [0, 0.05) is 17.7 Å². The smallest absolute Gasteiger partial charge is 0.310 e. The van der Waals surface area contributed by atoms with E-state index in [1.807, 2.05) is 0 Å². The van der Waals surface area contributed by atoms with Crippen molar-refractivity contribution in [1.82, 2.24) is 4.72 Å². The minimum atomic E-state index is -3.71. The first-order valence-corrected chi connectivity index (χ1v) is 13.6. The number of phenols is 1. The molecule has 2 aromatic rings. The van der Waals surface area contributed by atoms with Gasteiger partial charge in [-0.15, -0.1) is 11.6 Å². The van der Waals surface area contributed by atoms with Crippen LogP contribution in [0.15, 0.2) is 24.3 Å². The molecule has 0 saturated carbocycles. The third kappa shape index (κ3) is 4.18. The lowest BCUT2D eigenvalue weighted by Crippen LogP contribution is -2.43. The van der Waals surface area contributed by atoms with Gasteiger partial charge in [-0.2, -0.15) is 0 Å². The van der Waals surface area contributed by atoms with E-state index in [0.717, 1.165) is 0 Å². The summed E-state index contributed by atoms with van der Waals surface area (Å²) in [5.74, 6) is -0.962. The Morgan fingerprint density at radius 2 is 1.69 bits per heavy atom. The number of aromatic hydroxyl groups is 1. The fourth-order valence-electron chi connectivity index (χ4n) is 5.30. The van der Waals surface area contributed by atoms with E-state index in [1.54, 1.807) is 24.3 Å². The van der Waals surface area contributed by atoms with Crippen LogP contribution in [0, 0.1) is 11.8 Å². The molecule has 2 aromatic carbocycles. The summed E-state index contributed by atoms with van der Waals surface area (Å²) in [5.41, 5.74) is 1.97. The van der Waals surface area contributed by atoms with Gasteiger partial charge < -0.3 is 28.8 Å². The number of carbonyl (C=O) groups is 1. The summed E-state index contributed by atoms with van der Waals surface area (Å²) < 4.78 is 56.0. The number of hydrogen-bond donors (Lipinski definition) is 2. The lowest BCUT2D eigenvalue weighted by atomic mass is 9.65. The Morgan fingerprint density at radius 3 is 2.31 bits per heavy atom. The van der Waals surface area contributed by atoms with Crippen LogP contribution in [0.5, 0.6) is 28.7 Å². The van der Waals surface area contributed by atoms with E-state index >= 15 is 0 Å². The summed E-state index contributed by atoms with van der Waals surface area (Å²) in [4.78, 5) is 13.1. The zero-order valence-electron chi connectivity index (χ0n) is 19.7. The number of sulfonamides is 1. The van der Waals surface area contributed by atoms with Crippen molar-refractivity contribution < 1.29 is 42.0 Å². The molecule has 194 valence electrons. The predicted molar refractivity (Wildman–Crippen MR) is 129 cm³/mol. The normalized spacial score (nSPS) is 24.1. The van der Waals surface area contributed by atoms with E-state index < -0.39 is 39.8 Å². The Kier molecular flexibility index (Phi) is 6.56. The molecule has 0 unspecified atom stereocenters. The third-order valence-corrected chi connectivity index (χ3v) is 8.61. The number of methoxy groups -OCH3 is 2. The quantitative estimate of drug-likeness (QED) is 0.384. The molecule has 2 N–H and O–H groups in total. The van der Waals surface area contributed by atoms with Gasteiger partial charge in [0.1, 0.15) is 0 Å². The van der Waals surface area contributed by atoms with Crippen LogP contribution in [0.25, 0.3) is 0 Å². The lowest BCUT2D eigenvalue weighted by Gasteiger charge is -2.39. The molecule has 12 heteroatoms. The van der Waals surface area contributed by atoms with Crippen LogP contribution in [0.3, 0.4) is 0 Å². The summed E-state index contributed by atoms with van der Waals surface area (Å²) in [6.07, 6.45) is 0.289. The molecule has 10 nitrogen and oxygen atoms in total. The van der Waals surface area contributed by atoms with Crippen molar-refractivity contribution in [3.8, 4) is 28.7 Å². The van der Waals surface area contributed by atoms with Crippen molar-refractivity contribution in [2.45, 2.75) is 18.4 Å². The zero-order chi connectivity index (χ0) is 25.6. The molecule has 1 saturated heterocycles. The molecule has 0 bridgehead atoms. The van der Waals surface area contributed by atoms with Crippen molar-refractivity contribution in [3.63, 3.8) is 0 Å². The average molecular weight is 540 g/mol. The Balaban J connectivity index is 1.70. The number of cyclic esters (lactones) is 1. The number of hydrogen-bond acceptors (Lipinski definition) is 9. The number of phenolic OH excluding ortho intramolecular Hbond substituents is 1. The van der Waals surface area contributed by atoms with Gasteiger partial charge in [0.2, 0.25) is 22.6 Å². The first-order chi connectivity index (χ1) is 17.3. The number of halogens is 1. The van der Waals surface area contributed by atoms with E-state index in [9.17, 15) is 18.3 Å². The molecule has 3 aliphatic rings. The molecular weight excluding hydrogens is 514 g/mol. The average Bonchev–Trinajstić information content (AvgIpc) is 3.48. The number of fused-ring (bicyclic) bond motifs is 3. The molecule has 1 fully saturated rings. The van der Waals surface area contributed by atoms with Crippen molar-refractivity contribution in [2.75, 3.05) is 39.3 Å². The minimum absolute atomic E-state index is 0.0325. The summed E-state index contributed by atoms with van der Waals surface area (Å²) in [6, 6.07) is 6.08. The van der Waals surface area contributed by atoms with Gasteiger partial charge in [-0.3, -0.25) is 4.79 Å². The monoisotopic (exact) mass is 539 g/mol. The number of nitrogens with one attached hydrogen (secondary N) is 1. The van der Waals surface area contributed by atoms with Gasteiger partial charge >= 0.3 is 5.97 Å². The van der Waals surface area contributed by atoms with Gasteiger partial charge in [-0.05, 0) is 47.4 Å². The summed E-state index contributed by atoms with van der Waals surface area (Å²) in [5, 5.41) is 10.4. The largest absolute Gasteiger partial charge is 0.502 e.